The molecule has 1 heterocycles. The van der Waals surface area contributed by atoms with Crippen molar-refractivity contribution in [1.82, 2.24) is 4.31 Å². The first-order valence-corrected chi connectivity index (χ1v) is 9.82. The molecule has 0 bridgehead atoms. The van der Waals surface area contributed by atoms with Gasteiger partial charge in [-0.15, -0.1) is 0 Å². The van der Waals surface area contributed by atoms with Crippen LogP contribution in [-0.2, 0) is 10.0 Å². The summed E-state index contributed by atoms with van der Waals surface area (Å²) in [5, 5.41) is 0. The number of hydrogen-bond acceptors (Lipinski definition) is 4. The Morgan fingerprint density at radius 2 is 1.48 bits per heavy atom. The van der Waals surface area contributed by atoms with Crippen LogP contribution in [0.15, 0.2) is 47.4 Å². The van der Waals surface area contributed by atoms with Gasteiger partial charge in [-0.05, 0) is 43.7 Å². The molecule has 6 heteroatoms. The van der Waals surface area contributed by atoms with E-state index in [1.54, 1.807) is 23.5 Å². The van der Waals surface area contributed by atoms with E-state index in [1.807, 2.05) is 38.1 Å². The molecule has 134 valence electrons. The SMILES string of the molecule is COc1ccc(C)cc1N1CCN(S(=O)(=O)c2ccc(C)cc2)CC1. The Labute approximate surface area is 149 Å². The molecule has 25 heavy (non-hydrogen) atoms. The van der Waals surface area contributed by atoms with Gasteiger partial charge in [-0.3, -0.25) is 0 Å². The first kappa shape index (κ1) is 17.8. The summed E-state index contributed by atoms with van der Waals surface area (Å²) in [6.07, 6.45) is 0. The number of piperazine rings is 1. The summed E-state index contributed by atoms with van der Waals surface area (Å²) in [5.74, 6) is 0.820. The van der Waals surface area contributed by atoms with Crippen molar-refractivity contribution in [2.45, 2.75) is 18.7 Å². The minimum atomic E-state index is -3.43. The molecule has 0 spiro atoms. The fraction of sp³-hybridized carbons (Fsp3) is 0.368. The van der Waals surface area contributed by atoms with Crippen molar-refractivity contribution in [3.8, 4) is 5.75 Å². The molecule has 0 aromatic heterocycles. The summed E-state index contributed by atoms with van der Waals surface area (Å²) < 4.78 is 32.6. The number of anilines is 1. The lowest BCUT2D eigenvalue weighted by Gasteiger charge is -2.36. The third kappa shape index (κ3) is 3.65. The monoisotopic (exact) mass is 360 g/mol. The predicted octanol–water partition coefficient (Wildman–Crippen LogP) is 2.82. The molecule has 0 aliphatic carbocycles. The van der Waals surface area contributed by atoms with Crippen LogP contribution in [0.5, 0.6) is 5.75 Å². The van der Waals surface area contributed by atoms with Gasteiger partial charge in [-0.2, -0.15) is 4.31 Å². The number of rotatable bonds is 4. The molecule has 0 unspecified atom stereocenters. The largest absolute Gasteiger partial charge is 0.495 e. The minimum absolute atomic E-state index is 0.361. The predicted molar refractivity (Wildman–Crippen MR) is 99.9 cm³/mol. The Bertz CT molecular complexity index is 839. The third-order valence-corrected chi connectivity index (χ3v) is 6.49. The molecule has 1 aliphatic rings. The van der Waals surface area contributed by atoms with Crippen molar-refractivity contribution in [2.24, 2.45) is 0 Å². The maximum Gasteiger partial charge on any atom is 0.243 e. The number of sulfonamides is 1. The maximum absolute atomic E-state index is 12.8. The Morgan fingerprint density at radius 1 is 0.880 bits per heavy atom. The lowest BCUT2D eigenvalue weighted by Crippen LogP contribution is -2.48. The van der Waals surface area contributed by atoms with Crippen LogP contribution in [0.1, 0.15) is 11.1 Å². The molecule has 2 aromatic rings. The van der Waals surface area contributed by atoms with Crippen molar-refractivity contribution >= 4 is 15.7 Å². The Balaban J connectivity index is 1.76. The standard InChI is InChI=1S/C19H24N2O3S/c1-15-4-7-17(8-5-15)25(22,23)21-12-10-20(11-13-21)18-14-16(2)6-9-19(18)24-3/h4-9,14H,10-13H2,1-3H3. The zero-order valence-corrected chi connectivity index (χ0v) is 15.7. The van der Waals surface area contributed by atoms with Crippen molar-refractivity contribution in [1.29, 1.82) is 0 Å². The summed E-state index contributed by atoms with van der Waals surface area (Å²) in [5.41, 5.74) is 3.23. The highest BCUT2D eigenvalue weighted by Gasteiger charge is 2.29. The van der Waals surface area contributed by atoms with Crippen LogP contribution in [0.2, 0.25) is 0 Å². The van der Waals surface area contributed by atoms with E-state index in [0.717, 1.165) is 22.6 Å². The van der Waals surface area contributed by atoms with E-state index in [2.05, 4.69) is 11.0 Å². The van der Waals surface area contributed by atoms with Gasteiger partial charge >= 0.3 is 0 Å². The highest BCUT2D eigenvalue weighted by Crippen LogP contribution is 2.30. The molecule has 2 aromatic carbocycles. The van der Waals surface area contributed by atoms with Gasteiger partial charge in [0.25, 0.3) is 0 Å². The average Bonchev–Trinajstić information content (AvgIpc) is 2.62. The van der Waals surface area contributed by atoms with Crippen LogP contribution in [0.25, 0.3) is 0 Å². The van der Waals surface area contributed by atoms with Crippen molar-refractivity contribution in [2.75, 3.05) is 38.2 Å². The van der Waals surface area contributed by atoms with Gasteiger partial charge in [0.05, 0.1) is 17.7 Å². The van der Waals surface area contributed by atoms with Crippen LogP contribution in [0.3, 0.4) is 0 Å². The molecule has 5 nitrogen and oxygen atoms in total. The molecule has 0 N–H and O–H groups in total. The van der Waals surface area contributed by atoms with Crippen LogP contribution in [0.4, 0.5) is 5.69 Å². The Hall–Kier alpha value is -2.05. The smallest absolute Gasteiger partial charge is 0.243 e. The first-order valence-electron chi connectivity index (χ1n) is 8.38. The molecule has 0 saturated carbocycles. The fourth-order valence-corrected chi connectivity index (χ4v) is 4.50. The normalized spacial score (nSPS) is 16.0. The van der Waals surface area contributed by atoms with Crippen LogP contribution < -0.4 is 9.64 Å². The van der Waals surface area contributed by atoms with E-state index in [0.29, 0.717) is 31.1 Å². The molecule has 1 aliphatic heterocycles. The molecule has 0 amide bonds. The van der Waals surface area contributed by atoms with E-state index in [9.17, 15) is 8.42 Å². The summed E-state index contributed by atoms with van der Waals surface area (Å²) in [6, 6.07) is 13.1. The highest BCUT2D eigenvalue weighted by atomic mass is 32.2. The van der Waals surface area contributed by atoms with E-state index < -0.39 is 10.0 Å². The van der Waals surface area contributed by atoms with Gasteiger partial charge in [0.2, 0.25) is 10.0 Å². The summed E-state index contributed by atoms with van der Waals surface area (Å²) >= 11 is 0. The van der Waals surface area contributed by atoms with Gasteiger partial charge in [0, 0.05) is 26.2 Å². The third-order valence-electron chi connectivity index (χ3n) is 4.57. The minimum Gasteiger partial charge on any atom is -0.495 e. The van der Waals surface area contributed by atoms with Crippen molar-refractivity contribution in [3.05, 3.63) is 53.6 Å². The fourth-order valence-electron chi connectivity index (χ4n) is 3.08. The van der Waals surface area contributed by atoms with E-state index in [4.69, 9.17) is 4.74 Å². The molecule has 0 radical (unpaired) electrons. The second-order valence-electron chi connectivity index (χ2n) is 6.38. The molecule has 0 atom stereocenters. The van der Waals surface area contributed by atoms with E-state index in [-0.39, 0.29) is 0 Å². The van der Waals surface area contributed by atoms with Crippen molar-refractivity contribution in [3.63, 3.8) is 0 Å². The van der Waals surface area contributed by atoms with Crippen LogP contribution >= 0.6 is 0 Å². The molecule has 1 saturated heterocycles. The van der Waals surface area contributed by atoms with Gasteiger partial charge < -0.3 is 9.64 Å². The second-order valence-corrected chi connectivity index (χ2v) is 8.32. The summed E-state index contributed by atoms with van der Waals surface area (Å²) in [7, 11) is -1.77. The summed E-state index contributed by atoms with van der Waals surface area (Å²) in [4.78, 5) is 2.55. The average molecular weight is 360 g/mol. The number of hydrogen-bond donors (Lipinski definition) is 0. The zero-order chi connectivity index (χ0) is 18.0. The van der Waals surface area contributed by atoms with E-state index in [1.165, 1.54) is 0 Å². The second kappa shape index (κ2) is 7.06. The quantitative estimate of drug-likeness (QED) is 0.841. The first-order chi connectivity index (χ1) is 11.9. The highest BCUT2D eigenvalue weighted by molar-refractivity contribution is 7.89. The van der Waals surface area contributed by atoms with Crippen molar-refractivity contribution < 1.29 is 13.2 Å². The number of aryl methyl sites for hydroxylation is 2. The lowest BCUT2D eigenvalue weighted by atomic mass is 10.1. The lowest BCUT2D eigenvalue weighted by molar-refractivity contribution is 0.378. The van der Waals surface area contributed by atoms with Gasteiger partial charge in [-0.25, -0.2) is 8.42 Å². The maximum atomic E-state index is 12.8. The molecule has 1 fully saturated rings. The number of methoxy groups -OCH3 is 1. The topological polar surface area (TPSA) is 49.9 Å². The Kier molecular flexibility index (Phi) is 5.01. The number of ether oxygens (including phenoxy) is 1. The summed E-state index contributed by atoms with van der Waals surface area (Å²) in [6.45, 7) is 6.21. The molecular formula is C19H24N2O3S. The molecular weight excluding hydrogens is 336 g/mol. The van der Waals surface area contributed by atoms with Gasteiger partial charge in [-0.1, -0.05) is 23.8 Å². The number of nitrogens with zero attached hydrogens (tertiary/aromatic N) is 2. The van der Waals surface area contributed by atoms with Gasteiger partial charge in [0.1, 0.15) is 5.75 Å². The Morgan fingerprint density at radius 3 is 2.08 bits per heavy atom. The van der Waals surface area contributed by atoms with Crippen LogP contribution in [0, 0.1) is 13.8 Å². The van der Waals surface area contributed by atoms with Gasteiger partial charge in [0.15, 0.2) is 0 Å². The molecule has 3 rings (SSSR count). The number of benzene rings is 2. The zero-order valence-electron chi connectivity index (χ0n) is 14.9. The van der Waals surface area contributed by atoms with Crippen LogP contribution in [-0.4, -0.2) is 46.0 Å². The van der Waals surface area contributed by atoms with E-state index >= 15 is 0 Å².